The molecule has 154 valence electrons. The van der Waals surface area contributed by atoms with Crippen molar-refractivity contribution in [1.82, 2.24) is 15.2 Å². The van der Waals surface area contributed by atoms with Crippen LogP contribution >= 0.6 is 0 Å². The number of hydrogen-bond acceptors (Lipinski definition) is 5. The summed E-state index contributed by atoms with van der Waals surface area (Å²) in [7, 11) is 1.62. The van der Waals surface area contributed by atoms with Crippen LogP contribution in [0.4, 0.5) is 5.69 Å². The van der Waals surface area contributed by atoms with E-state index >= 15 is 0 Å². The molecule has 1 amide bonds. The molecule has 1 aromatic heterocycles. The van der Waals surface area contributed by atoms with Crippen LogP contribution in [-0.4, -0.2) is 65.8 Å². The molecule has 28 heavy (non-hydrogen) atoms. The van der Waals surface area contributed by atoms with Gasteiger partial charge in [-0.2, -0.15) is 0 Å². The molecule has 4 heterocycles. The maximum absolute atomic E-state index is 11.7. The predicted molar refractivity (Wildman–Crippen MR) is 111 cm³/mol. The van der Waals surface area contributed by atoms with Gasteiger partial charge in [0.2, 0.25) is 0 Å². The largest absolute Gasteiger partial charge is 0.394 e. The van der Waals surface area contributed by atoms with Crippen LogP contribution in [0.5, 0.6) is 0 Å². The number of anilines is 1. The van der Waals surface area contributed by atoms with E-state index in [0.29, 0.717) is 22.6 Å². The van der Waals surface area contributed by atoms with Gasteiger partial charge in [-0.25, -0.2) is 4.98 Å². The van der Waals surface area contributed by atoms with E-state index in [1.54, 1.807) is 13.1 Å². The Bertz CT molecular complexity index is 726. The Kier molecular flexibility index (Phi) is 4.70. The van der Waals surface area contributed by atoms with Crippen LogP contribution in [0, 0.1) is 10.8 Å². The average molecular weight is 387 g/mol. The molecule has 2 bridgehead atoms. The maximum atomic E-state index is 11.7. The Balaban J connectivity index is 1.40. The molecule has 3 aliphatic heterocycles. The topological polar surface area (TPSA) is 68.7 Å². The number of carbonyl (C=O) groups is 1. The lowest BCUT2D eigenvalue weighted by molar-refractivity contribution is -0.0520. The van der Waals surface area contributed by atoms with E-state index in [2.05, 4.69) is 40.9 Å². The molecule has 4 fully saturated rings. The Hall–Kier alpha value is -1.66. The molecule has 2 N–H and O–H groups in total. The number of rotatable bonds is 4. The van der Waals surface area contributed by atoms with Crippen molar-refractivity contribution in [3.05, 3.63) is 24.0 Å². The van der Waals surface area contributed by atoms with Crippen molar-refractivity contribution in [2.24, 2.45) is 10.8 Å². The number of aliphatic hydroxyl groups is 1. The van der Waals surface area contributed by atoms with Crippen molar-refractivity contribution in [2.75, 3.05) is 38.2 Å². The molecule has 4 aliphatic rings. The number of pyridine rings is 1. The number of piperidine rings is 1. The first kappa shape index (κ1) is 19.6. The van der Waals surface area contributed by atoms with Crippen LogP contribution in [0.25, 0.3) is 0 Å². The van der Waals surface area contributed by atoms with Gasteiger partial charge in [-0.1, -0.05) is 20.8 Å². The molecule has 0 unspecified atom stereocenters. The Morgan fingerprint density at radius 2 is 1.96 bits per heavy atom. The summed E-state index contributed by atoms with van der Waals surface area (Å²) < 4.78 is 0. The monoisotopic (exact) mass is 386 g/mol. The molecule has 5 rings (SSSR count). The van der Waals surface area contributed by atoms with Gasteiger partial charge in [0.25, 0.3) is 5.91 Å². The average Bonchev–Trinajstić information content (AvgIpc) is 3.20. The molecule has 0 radical (unpaired) electrons. The van der Waals surface area contributed by atoms with Crippen molar-refractivity contribution < 1.29 is 9.90 Å². The van der Waals surface area contributed by atoms with E-state index in [-0.39, 0.29) is 18.1 Å². The number of aliphatic hydroxyl groups excluding tert-OH is 1. The van der Waals surface area contributed by atoms with E-state index in [4.69, 9.17) is 0 Å². The highest BCUT2D eigenvalue weighted by atomic mass is 16.3. The Morgan fingerprint density at radius 3 is 2.46 bits per heavy atom. The summed E-state index contributed by atoms with van der Waals surface area (Å²) in [6, 6.07) is 4.34. The van der Waals surface area contributed by atoms with Crippen LogP contribution in [0.15, 0.2) is 18.3 Å². The fourth-order valence-corrected chi connectivity index (χ4v) is 5.77. The van der Waals surface area contributed by atoms with Gasteiger partial charge in [0.15, 0.2) is 0 Å². The number of fused-ring (bicyclic) bond motifs is 1. The predicted octanol–water partition coefficient (Wildman–Crippen LogP) is 2.28. The molecule has 0 spiro atoms. The fourth-order valence-electron chi connectivity index (χ4n) is 5.77. The summed E-state index contributed by atoms with van der Waals surface area (Å²) in [6.45, 7) is 10.5. The second kappa shape index (κ2) is 6.70. The summed E-state index contributed by atoms with van der Waals surface area (Å²) in [4.78, 5) is 21.0. The van der Waals surface area contributed by atoms with Crippen molar-refractivity contribution in [3.63, 3.8) is 0 Å². The van der Waals surface area contributed by atoms with Crippen LogP contribution in [0.2, 0.25) is 0 Å². The molecule has 6 heteroatoms. The van der Waals surface area contributed by atoms with Crippen molar-refractivity contribution in [3.8, 4) is 0 Å². The fraction of sp³-hybridized carbons (Fsp3) is 0.727. The highest BCUT2D eigenvalue weighted by Crippen LogP contribution is 2.67. The summed E-state index contributed by atoms with van der Waals surface area (Å²) in [5.41, 5.74) is 2.22. The zero-order chi connectivity index (χ0) is 20.2. The van der Waals surface area contributed by atoms with Gasteiger partial charge < -0.3 is 15.3 Å². The minimum Gasteiger partial charge on any atom is -0.394 e. The zero-order valence-electron chi connectivity index (χ0n) is 17.7. The molecule has 1 aromatic rings. The first-order valence-electron chi connectivity index (χ1n) is 10.5. The van der Waals surface area contributed by atoms with E-state index in [1.165, 1.54) is 0 Å². The van der Waals surface area contributed by atoms with E-state index in [0.717, 1.165) is 51.0 Å². The second-order valence-electron chi connectivity index (χ2n) is 10.1. The first-order chi connectivity index (χ1) is 13.2. The lowest BCUT2D eigenvalue weighted by Crippen LogP contribution is -2.58. The van der Waals surface area contributed by atoms with Crippen LogP contribution < -0.4 is 10.2 Å². The number of nitrogens with zero attached hydrogens (tertiary/aromatic N) is 3. The zero-order valence-corrected chi connectivity index (χ0v) is 17.7. The number of hydrogen-bond donors (Lipinski definition) is 2. The molecule has 1 aliphatic carbocycles. The van der Waals surface area contributed by atoms with E-state index in [9.17, 15) is 9.90 Å². The van der Waals surface area contributed by atoms with Crippen molar-refractivity contribution in [1.29, 1.82) is 0 Å². The van der Waals surface area contributed by atoms with E-state index in [1.807, 2.05) is 12.3 Å². The molecule has 6 nitrogen and oxygen atoms in total. The van der Waals surface area contributed by atoms with Gasteiger partial charge in [-0.05, 0) is 48.6 Å². The van der Waals surface area contributed by atoms with Gasteiger partial charge in [0.05, 0.1) is 18.5 Å². The smallest absolute Gasteiger partial charge is 0.269 e. The Labute approximate surface area is 168 Å². The highest BCUT2D eigenvalue weighted by molar-refractivity contribution is 5.92. The third-order valence-corrected chi connectivity index (χ3v) is 7.78. The summed E-state index contributed by atoms with van der Waals surface area (Å²) in [5, 5.41) is 12.8. The summed E-state index contributed by atoms with van der Waals surface area (Å²) in [6.07, 6.45) is 6.32. The lowest BCUT2D eigenvalue weighted by Gasteiger charge is -2.54. The van der Waals surface area contributed by atoms with Crippen molar-refractivity contribution >= 4 is 11.6 Å². The Morgan fingerprint density at radius 1 is 1.29 bits per heavy atom. The van der Waals surface area contributed by atoms with Gasteiger partial charge in [-0.15, -0.1) is 0 Å². The number of nitrogens with one attached hydrogen (secondary N) is 1. The van der Waals surface area contributed by atoms with Crippen LogP contribution in [0.3, 0.4) is 0 Å². The summed E-state index contributed by atoms with van der Waals surface area (Å²) >= 11 is 0. The molecule has 1 saturated carbocycles. The highest BCUT2D eigenvalue weighted by Gasteiger charge is 2.69. The minimum absolute atomic E-state index is 0.0246. The minimum atomic E-state index is -0.152. The number of amides is 1. The second-order valence-corrected chi connectivity index (χ2v) is 10.1. The van der Waals surface area contributed by atoms with Gasteiger partial charge in [0.1, 0.15) is 5.69 Å². The third-order valence-electron chi connectivity index (χ3n) is 7.78. The quantitative estimate of drug-likeness (QED) is 0.831. The maximum Gasteiger partial charge on any atom is 0.269 e. The molecule has 0 aromatic carbocycles. The number of carbonyl (C=O) groups excluding carboxylic acids is 1. The standard InChI is InChI=1S/C22H34N4O2/c1-20(2,3)21-12-22(13-21,15-27)26(14-21)16-7-9-25(10-8-16)17-5-6-18(24-11-17)19(28)23-4/h5-6,11,16,27H,7-10,12-15H2,1-4H3,(H,23,28). The SMILES string of the molecule is CNC(=O)c1ccc(N2CCC(N3CC4(C(C)(C)C)CC3(CO)C4)CC2)cn1. The van der Waals surface area contributed by atoms with E-state index < -0.39 is 0 Å². The normalized spacial score (nSPS) is 31.0. The van der Waals surface area contributed by atoms with Crippen molar-refractivity contribution in [2.45, 2.75) is 58.0 Å². The van der Waals surface area contributed by atoms with Gasteiger partial charge >= 0.3 is 0 Å². The summed E-state index contributed by atoms with van der Waals surface area (Å²) in [5.74, 6) is -0.152. The molecule has 0 atom stereocenters. The van der Waals surface area contributed by atoms with Crippen LogP contribution in [-0.2, 0) is 0 Å². The molecular weight excluding hydrogens is 352 g/mol. The van der Waals surface area contributed by atoms with Crippen LogP contribution in [0.1, 0.15) is 56.9 Å². The lowest BCUT2D eigenvalue weighted by atomic mass is 9.51. The third kappa shape index (κ3) is 2.92. The first-order valence-corrected chi connectivity index (χ1v) is 10.5. The molecule has 3 saturated heterocycles. The van der Waals surface area contributed by atoms with Gasteiger partial charge in [0, 0.05) is 38.3 Å². The molecular formula is C22H34N4O2. The van der Waals surface area contributed by atoms with Gasteiger partial charge in [-0.3, -0.25) is 9.69 Å². The number of aromatic nitrogens is 1.